The predicted octanol–water partition coefficient (Wildman–Crippen LogP) is 1.37. The molecule has 0 saturated carbocycles. The van der Waals surface area contributed by atoms with Gasteiger partial charge in [-0.25, -0.2) is 4.98 Å². The van der Waals surface area contributed by atoms with E-state index in [4.69, 9.17) is 14.7 Å². The van der Waals surface area contributed by atoms with Gasteiger partial charge in [0.05, 0.1) is 6.61 Å². The molecule has 4 nitrogen and oxygen atoms in total. The summed E-state index contributed by atoms with van der Waals surface area (Å²) in [7, 11) is 1.62. The first-order valence-corrected chi connectivity index (χ1v) is 4.28. The van der Waals surface area contributed by atoms with E-state index >= 15 is 0 Å². The smallest absolute Gasteiger partial charge is 0.144 e. The van der Waals surface area contributed by atoms with Gasteiger partial charge in [0.25, 0.3) is 0 Å². The van der Waals surface area contributed by atoms with Gasteiger partial charge in [-0.1, -0.05) is 0 Å². The molecule has 0 aromatic carbocycles. The van der Waals surface area contributed by atoms with E-state index in [1.807, 2.05) is 13.0 Å². The summed E-state index contributed by atoms with van der Waals surface area (Å²) in [5.74, 6) is 0.640. The summed E-state index contributed by atoms with van der Waals surface area (Å²) in [5, 5.41) is 8.61. The summed E-state index contributed by atoms with van der Waals surface area (Å²) in [4.78, 5) is 3.84. The zero-order chi connectivity index (χ0) is 10.4. The Morgan fingerprint density at radius 1 is 1.64 bits per heavy atom. The second-order valence-corrected chi connectivity index (χ2v) is 2.87. The van der Waals surface area contributed by atoms with Crippen molar-refractivity contribution in [2.45, 2.75) is 13.0 Å². The first kappa shape index (κ1) is 10.5. The van der Waals surface area contributed by atoms with Gasteiger partial charge < -0.3 is 9.47 Å². The molecular formula is C10H12N2O2. The van der Waals surface area contributed by atoms with Gasteiger partial charge in [0.2, 0.25) is 0 Å². The Balaban J connectivity index is 2.63. The minimum atomic E-state index is -0.0334. The Kier molecular flexibility index (Phi) is 3.89. The van der Waals surface area contributed by atoms with Crippen molar-refractivity contribution < 1.29 is 9.47 Å². The summed E-state index contributed by atoms with van der Waals surface area (Å²) in [6.45, 7) is 2.42. The van der Waals surface area contributed by atoms with Crippen molar-refractivity contribution in [2.75, 3.05) is 13.7 Å². The first-order chi connectivity index (χ1) is 6.76. The van der Waals surface area contributed by atoms with E-state index in [2.05, 4.69) is 4.98 Å². The Labute approximate surface area is 83.1 Å². The van der Waals surface area contributed by atoms with Gasteiger partial charge in [0.15, 0.2) is 0 Å². The molecule has 4 heteroatoms. The third-order valence-electron chi connectivity index (χ3n) is 1.58. The number of nitrogens with zero attached hydrogens (tertiary/aromatic N) is 2. The Hall–Kier alpha value is -1.60. The molecule has 0 amide bonds. The molecule has 0 saturated heterocycles. The van der Waals surface area contributed by atoms with Gasteiger partial charge in [-0.2, -0.15) is 5.26 Å². The van der Waals surface area contributed by atoms with Gasteiger partial charge in [0, 0.05) is 19.4 Å². The van der Waals surface area contributed by atoms with Gasteiger partial charge in [-0.3, -0.25) is 0 Å². The lowest BCUT2D eigenvalue weighted by molar-refractivity contribution is 0.0920. The minimum Gasteiger partial charge on any atom is -0.488 e. The van der Waals surface area contributed by atoms with Gasteiger partial charge in [-0.15, -0.1) is 0 Å². The summed E-state index contributed by atoms with van der Waals surface area (Å²) in [6.07, 6.45) is 1.52. The number of ether oxygens (including phenoxy) is 2. The number of methoxy groups -OCH3 is 1. The van der Waals surface area contributed by atoms with E-state index in [1.54, 1.807) is 25.4 Å². The lowest BCUT2D eigenvalue weighted by Gasteiger charge is -2.13. The minimum absolute atomic E-state index is 0.0334. The van der Waals surface area contributed by atoms with Crippen LogP contribution in [0.2, 0.25) is 0 Å². The highest BCUT2D eigenvalue weighted by atomic mass is 16.5. The SMILES string of the molecule is COCC(C)Oc1ccnc(C#N)c1. The summed E-state index contributed by atoms with van der Waals surface area (Å²) < 4.78 is 10.4. The number of aromatic nitrogens is 1. The van der Waals surface area contributed by atoms with Crippen LogP contribution in [0.4, 0.5) is 0 Å². The lowest BCUT2D eigenvalue weighted by Crippen LogP contribution is -2.17. The van der Waals surface area contributed by atoms with Crippen molar-refractivity contribution in [1.82, 2.24) is 4.98 Å². The van der Waals surface area contributed by atoms with Crippen LogP contribution in [0.1, 0.15) is 12.6 Å². The molecule has 0 fully saturated rings. The van der Waals surface area contributed by atoms with E-state index in [0.29, 0.717) is 18.1 Å². The van der Waals surface area contributed by atoms with Crippen molar-refractivity contribution >= 4 is 0 Å². The first-order valence-electron chi connectivity index (χ1n) is 4.28. The largest absolute Gasteiger partial charge is 0.488 e. The third-order valence-corrected chi connectivity index (χ3v) is 1.58. The molecule has 0 aliphatic carbocycles. The standard InChI is InChI=1S/C10H12N2O2/c1-8(7-13-2)14-10-3-4-12-9(5-10)6-11/h3-5,8H,7H2,1-2H3. The van der Waals surface area contributed by atoms with Crippen LogP contribution >= 0.6 is 0 Å². The van der Waals surface area contributed by atoms with Crippen molar-refractivity contribution in [3.8, 4) is 11.8 Å². The second-order valence-electron chi connectivity index (χ2n) is 2.87. The summed E-state index contributed by atoms with van der Waals surface area (Å²) in [5.41, 5.74) is 0.354. The molecule has 1 aromatic rings. The average Bonchev–Trinajstić information content (AvgIpc) is 2.18. The molecule has 74 valence electrons. The van der Waals surface area contributed by atoms with Crippen LogP contribution in [-0.2, 0) is 4.74 Å². The van der Waals surface area contributed by atoms with Crippen LogP contribution in [0.3, 0.4) is 0 Å². The molecule has 0 aliphatic heterocycles. The van der Waals surface area contributed by atoms with Crippen LogP contribution in [0, 0.1) is 11.3 Å². The maximum Gasteiger partial charge on any atom is 0.144 e. The van der Waals surface area contributed by atoms with E-state index in [0.717, 1.165) is 0 Å². The van der Waals surface area contributed by atoms with Crippen LogP contribution in [-0.4, -0.2) is 24.8 Å². The number of nitriles is 1. The number of rotatable bonds is 4. The van der Waals surface area contributed by atoms with E-state index in [9.17, 15) is 0 Å². The molecule has 0 bridgehead atoms. The van der Waals surface area contributed by atoms with Gasteiger partial charge >= 0.3 is 0 Å². The lowest BCUT2D eigenvalue weighted by atomic mass is 10.3. The Morgan fingerprint density at radius 2 is 2.43 bits per heavy atom. The highest BCUT2D eigenvalue weighted by Crippen LogP contribution is 2.12. The van der Waals surface area contributed by atoms with E-state index < -0.39 is 0 Å². The van der Waals surface area contributed by atoms with Crippen LogP contribution in [0.5, 0.6) is 5.75 Å². The van der Waals surface area contributed by atoms with Crippen LogP contribution in [0.15, 0.2) is 18.3 Å². The van der Waals surface area contributed by atoms with Crippen molar-refractivity contribution in [1.29, 1.82) is 5.26 Å². The molecule has 0 radical (unpaired) electrons. The van der Waals surface area contributed by atoms with Gasteiger partial charge in [0.1, 0.15) is 23.6 Å². The normalized spacial score (nSPS) is 11.8. The quantitative estimate of drug-likeness (QED) is 0.722. The predicted molar refractivity (Wildman–Crippen MR) is 50.9 cm³/mol. The Morgan fingerprint density at radius 3 is 3.07 bits per heavy atom. The molecule has 1 unspecified atom stereocenters. The van der Waals surface area contributed by atoms with E-state index in [1.165, 1.54) is 0 Å². The molecule has 1 rings (SSSR count). The number of hydrogen-bond donors (Lipinski definition) is 0. The van der Waals surface area contributed by atoms with Crippen LogP contribution in [0.25, 0.3) is 0 Å². The molecule has 1 heterocycles. The molecule has 1 aromatic heterocycles. The summed E-state index contributed by atoms with van der Waals surface area (Å²) >= 11 is 0. The number of pyridine rings is 1. The maximum atomic E-state index is 8.61. The highest BCUT2D eigenvalue weighted by molar-refractivity contribution is 5.29. The fourth-order valence-corrected chi connectivity index (χ4v) is 1.05. The third kappa shape index (κ3) is 3.04. The molecule has 0 N–H and O–H groups in total. The molecule has 0 spiro atoms. The Bertz CT molecular complexity index is 333. The monoisotopic (exact) mass is 192 g/mol. The topological polar surface area (TPSA) is 55.1 Å². The fourth-order valence-electron chi connectivity index (χ4n) is 1.05. The molecule has 1 atom stereocenters. The number of hydrogen-bond acceptors (Lipinski definition) is 4. The fraction of sp³-hybridized carbons (Fsp3) is 0.400. The highest BCUT2D eigenvalue weighted by Gasteiger charge is 2.03. The van der Waals surface area contributed by atoms with E-state index in [-0.39, 0.29) is 6.10 Å². The van der Waals surface area contributed by atoms with Gasteiger partial charge in [-0.05, 0) is 13.0 Å². The summed E-state index contributed by atoms with van der Waals surface area (Å²) in [6, 6.07) is 5.27. The molecular weight excluding hydrogens is 180 g/mol. The molecule has 14 heavy (non-hydrogen) atoms. The van der Waals surface area contributed by atoms with Crippen molar-refractivity contribution in [2.24, 2.45) is 0 Å². The maximum absolute atomic E-state index is 8.61. The average molecular weight is 192 g/mol. The second kappa shape index (κ2) is 5.20. The zero-order valence-electron chi connectivity index (χ0n) is 8.23. The van der Waals surface area contributed by atoms with Crippen molar-refractivity contribution in [3.63, 3.8) is 0 Å². The molecule has 0 aliphatic rings. The zero-order valence-corrected chi connectivity index (χ0v) is 8.23. The van der Waals surface area contributed by atoms with Crippen molar-refractivity contribution in [3.05, 3.63) is 24.0 Å². The van der Waals surface area contributed by atoms with Crippen LogP contribution < -0.4 is 4.74 Å².